The van der Waals surface area contributed by atoms with E-state index in [1.54, 1.807) is 35.0 Å². The number of nitrogens with one attached hydrogen (secondary N) is 1. The molecule has 2 fully saturated rings. The predicted octanol–water partition coefficient (Wildman–Crippen LogP) is 1.70. The molecule has 6 nitrogen and oxygen atoms in total. The Morgan fingerprint density at radius 2 is 2.08 bits per heavy atom. The predicted molar refractivity (Wildman–Crippen MR) is 93.5 cm³/mol. The Labute approximate surface area is 146 Å². The van der Waals surface area contributed by atoms with Gasteiger partial charge in [-0.15, -0.1) is 0 Å². The summed E-state index contributed by atoms with van der Waals surface area (Å²) in [6, 6.07) is 9.22. The fraction of sp³-hybridized carbons (Fsp3) is 0.474. The molecule has 2 aromatic rings. The third-order valence-electron chi connectivity index (χ3n) is 5.04. The molecule has 1 N–H and O–H groups in total. The average Bonchev–Trinajstić information content (AvgIpc) is 3.17. The van der Waals surface area contributed by atoms with Gasteiger partial charge in [-0.3, -0.25) is 9.59 Å². The molecule has 1 aliphatic carbocycles. The summed E-state index contributed by atoms with van der Waals surface area (Å²) in [4.78, 5) is 26.5. The molecule has 0 bridgehead atoms. The molecular weight excluding hydrogens is 318 g/mol. The van der Waals surface area contributed by atoms with Crippen molar-refractivity contribution in [3.8, 4) is 0 Å². The molecule has 132 valence electrons. The number of amides is 1. The number of carbonyl (C=O) groups is 1. The second kappa shape index (κ2) is 6.88. The van der Waals surface area contributed by atoms with Crippen molar-refractivity contribution in [1.29, 1.82) is 0 Å². The molecule has 1 aliphatic heterocycles. The molecule has 1 atom stereocenters. The first-order chi connectivity index (χ1) is 12.2. The summed E-state index contributed by atoms with van der Waals surface area (Å²) < 4.78 is 7.15. The van der Waals surface area contributed by atoms with E-state index in [1.807, 2.05) is 0 Å². The van der Waals surface area contributed by atoms with E-state index in [-0.39, 0.29) is 11.5 Å². The van der Waals surface area contributed by atoms with Crippen LogP contribution >= 0.6 is 0 Å². The van der Waals surface area contributed by atoms with Crippen molar-refractivity contribution in [2.45, 2.75) is 31.8 Å². The van der Waals surface area contributed by atoms with Crippen molar-refractivity contribution in [2.24, 2.45) is 5.92 Å². The minimum Gasteiger partial charge on any atom is -0.454 e. The maximum Gasteiger partial charge on any atom is 0.287 e. The fourth-order valence-corrected chi connectivity index (χ4v) is 3.47. The van der Waals surface area contributed by atoms with E-state index in [0.717, 1.165) is 25.6 Å². The minimum absolute atomic E-state index is 0.0913. The quantitative estimate of drug-likeness (QED) is 0.868. The molecule has 0 radical (unpaired) electrons. The lowest BCUT2D eigenvalue weighted by Crippen LogP contribution is -2.31. The summed E-state index contributed by atoms with van der Waals surface area (Å²) in [6.07, 6.45) is 5.52. The van der Waals surface area contributed by atoms with Gasteiger partial charge < -0.3 is 19.2 Å². The van der Waals surface area contributed by atoms with E-state index < -0.39 is 0 Å². The molecule has 0 aromatic carbocycles. The Kier molecular flexibility index (Phi) is 4.44. The SMILES string of the molecule is O=C(NCC1CCN(C2CC2)C1)c1ccc(Cn2ccccc2=O)o1. The normalized spacial score (nSPS) is 20.7. The molecule has 3 heterocycles. The average molecular weight is 341 g/mol. The molecule has 1 amide bonds. The summed E-state index contributed by atoms with van der Waals surface area (Å²) in [5, 5.41) is 2.98. The molecule has 1 unspecified atom stereocenters. The van der Waals surface area contributed by atoms with Gasteiger partial charge in [-0.25, -0.2) is 0 Å². The van der Waals surface area contributed by atoms with Crippen LogP contribution in [-0.4, -0.2) is 41.1 Å². The molecule has 1 saturated carbocycles. The number of rotatable bonds is 6. The minimum atomic E-state index is -0.184. The molecule has 25 heavy (non-hydrogen) atoms. The van der Waals surface area contributed by atoms with Crippen LogP contribution < -0.4 is 10.9 Å². The topological polar surface area (TPSA) is 67.5 Å². The van der Waals surface area contributed by atoms with Crippen LogP contribution in [0.3, 0.4) is 0 Å². The monoisotopic (exact) mass is 341 g/mol. The van der Waals surface area contributed by atoms with Crippen LogP contribution in [0.5, 0.6) is 0 Å². The molecule has 0 spiro atoms. The van der Waals surface area contributed by atoms with Crippen LogP contribution in [0.15, 0.2) is 45.7 Å². The third-order valence-corrected chi connectivity index (χ3v) is 5.04. The summed E-state index contributed by atoms with van der Waals surface area (Å²) >= 11 is 0. The first-order valence-electron chi connectivity index (χ1n) is 8.95. The number of hydrogen-bond acceptors (Lipinski definition) is 4. The van der Waals surface area contributed by atoms with Gasteiger partial charge in [0.25, 0.3) is 11.5 Å². The van der Waals surface area contributed by atoms with Gasteiger partial charge >= 0.3 is 0 Å². The summed E-state index contributed by atoms with van der Waals surface area (Å²) in [7, 11) is 0. The van der Waals surface area contributed by atoms with E-state index in [9.17, 15) is 9.59 Å². The highest BCUT2D eigenvalue weighted by Crippen LogP contribution is 2.31. The first kappa shape index (κ1) is 16.1. The lowest BCUT2D eigenvalue weighted by Gasteiger charge is -2.14. The van der Waals surface area contributed by atoms with Crippen molar-refractivity contribution in [2.75, 3.05) is 19.6 Å². The van der Waals surface area contributed by atoms with Crippen molar-refractivity contribution in [3.63, 3.8) is 0 Å². The van der Waals surface area contributed by atoms with Crippen LogP contribution in [0.2, 0.25) is 0 Å². The van der Waals surface area contributed by atoms with E-state index in [1.165, 1.54) is 18.9 Å². The highest BCUT2D eigenvalue weighted by molar-refractivity contribution is 5.91. The van der Waals surface area contributed by atoms with Crippen LogP contribution in [0.25, 0.3) is 0 Å². The van der Waals surface area contributed by atoms with Gasteiger partial charge in [0.2, 0.25) is 0 Å². The number of likely N-dealkylation sites (tertiary alicyclic amines) is 1. The Hall–Kier alpha value is -2.34. The van der Waals surface area contributed by atoms with E-state index in [0.29, 0.717) is 30.5 Å². The van der Waals surface area contributed by atoms with Crippen molar-refractivity contribution in [3.05, 3.63) is 58.4 Å². The maximum absolute atomic E-state index is 12.3. The first-order valence-corrected chi connectivity index (χ1v) is 8.95. The number of carbonyl (C=O) groups excluding carboxylic acids is 1. The molecular formula is C19H23N3O3. The molecule has 1 saturated heterocycles. The fourth-order valence-electron chi connectivity index (χ4n) is 3.47. The van der Waals surface area contributed by atoms with Crippen LogP contribution in [0, 0.1) is 5.92 Å². The lowest BCUT2D eigenvalue weighted by atomic mass is 10.1. The number of hydrogen-bond donors (Lipinski definition) is 1. The highest BCUT2D eigenvalue weighted by atomic mass is 16.4. The van der Waals surface area contributed by atoms with Gasteiger partial charge in [-0.1, -0.05) is 6.07 Å². The Balaban J connectivity index is 1.30. The molecule has 2 aliphatic rings. The summed E-state index contributed by atoms with van der Waals surface area (Å²) in [6.45, 7) is 3.26. The second-order valence-corrected chi connectivity index (χ2v) is 7.02. The third kappa shape index (κ3) is 3.85. The smallest absolute Gasteiger partial charge is 0.287 e. The number of nitrogens with zero attached hydrogens (tertiary/aromatic N) is 2. The molecule has 6 heteroatoms. The van der Waals surface area contributed by atoms with Crippen LogP contribution in [0.1, 0.15) is 35.6 Å². The van der Waals surface area contributed by atoms with Gasteiger partial charge in [0.05, 0.1) is 6.54 Å². The van der Waals surface area contributed by atoms with E-state index in [2.05, 4.69) is 10.2 Å². The van der Waals surface area contributed by atoms with Gasteiger partial charge in [0, 0.05) is 31.4 Å². The summed E-state index contributed by atoms with van der Waals surface area (Å²) in [5.74, 6) is 1.24. The molecule has 4 rings (SSSR count). The zero-order valence-electron chi connectivity index (χ0n) is 14.2. The summed E-state index contributed by atoms with van der Waals surface area (Å²) in [5.41, 5.74) is -0.0913. The van der Waals surface area contributed by atoms with Gasteiger partial charge in [0.15, 0.2) is 5.76 Å². The zero-order chi connectivity index (χ0) is 17.2. The largest absolute Gasteiger partial charge is 0.454 e. The Bertz CT molecular complexity index is 806. The Morgan fingerprint density at radius 3 is 2.88 bits per heavy atom. The van der Waals surface area contributed by atoms with Gasteiger partial charge in [-0.05, 0) is 49.9 Å². The molecule has 2 aromatic heterocycles. The van der Waals surface area contributed by atoms with Crippen molar-refractivity contribution in [1.82, 2.24) is 14.8 Å². The second-order valence-electron chi connectivity index (χ2n) is 7.02. The maximum atomic E-state index is 12.3. The number of aromatic nitrogens is 1. The van der Waals surface area contributed by atoms with E-state index in [4.69, 9.17) is 4.42 Å². The zero-order valence-corrected chi connectivity index (χ0v) is 14.2. The van der Waals surface area contributed by atoms with Crippen LogP contribution in [0.4, 0.5) is 0 Å². The van der Waals surface area contributed by atoms with Crippen molar-refractivity contribution >= 4 is 5.91 Å². The van der Waals surface area contributed by atoms with Crippen molar-refractivity contribution < 1.29 is 9.21 Å². The van der Waals surface area contributed by atoms with Gasteiger partial charge in [-0.2, -0.15) is 0 Å². The highest BCUT2D eigenvalue weighted by Gasteiger charge is 2.34. The lowest BCUT2D eigenvalue weighted by molar-refractivity contribution is 0.0917. The Morgan fingerprint density at radius 1 is 1.20 bits per heavy atom. The van der Waals surface area contributed by atoms with E-state index >= 15 is 0 Å². The van der Waals surface area contributed by atoms with Crippen LogP contribution in [-0.2, 0) is 6.54 Å². The standard InChI is InChI=1S/C19H23N3O3/c23-18-3-1-2-9-22(18)13-16-6-7-17(25-16)19(24)20-11-14-8-10-21(12-14)15-4-5-15/h1-3,6-7,9,14-15H,4-5,8,10-13H2,(H,20,24). The number of furan rings is 1. The van der Waals surface area contributed by atoms with Gasteiger partial charge in [0.1, 0.15) is 5.76 Å². The number of pyridine rings is 1.